The number of aromatic amines is 1. The third-order valence-electron chi connectivity index (χ3n) is 3.76. The highest BCUT2D eigenvalue weighted by Crippen LogP contribution is 2.31. The molecule has 0 spiro atoms. The van der Waals surface area contributed by atoms with E-state index >= 15 is 0 Å². The van der Waals surface area contributed by atoms with Gasteiger partial charge in [-0.1, -0.05) is 35.9 Å². The SMILES string of the molecule is COC(=O)c1[nH]c(-c2ccc(Cl)cc2)cc1-c1ccc(OC)cc1. The number of carbonyl (C=O) groups is 1. The Hall–Kier alpha value is -2.72. The van der Waals surface area contributed by atoms with E-state index in [0.29, 0.717) is 10.7 Å². The third-order valence-corrected chi connectivity index (χ3v) is 4.02. The smallest absolute Gasteiger partial charge is 0.355 e. The van der Waals surface area contributed by atoms with Crippen LogP contribution in [0.3, 0.4) is 0 Å². The normalized spacial score (nSPS) is 10.5. The number of carbonyl (C=O) groups excluding carboxylic acids is 1. The molecule has 5 heteroatoms. The molecule has 0 unspecified atom stereocenters. The number of hydrogen-bond acceptors (Lipinski definition) is 3. The van der Waals surface area contributed by atoms with Crippen molar-refractivity contribution < 1.29 is 14.3 Å². The van der Waals surface area contributed by atoms with Crippen LogP contribution in [0, 0.1) is 0 Å². The average Bonchev–Trinajstić information content (AvgIpc) is 3.07. The van der Waals surface area contributed by atoms with Crippen molar-refractivity contribution in [3.63, 3.8) is 0 Å². The van der Waals surface area contributed by atoms with Crippen molar-refractivity contribution in [2.75, 3.05) is 14.2 Å². The lowest BCUT2D eigenvalue weighted by atomic mass is 10.0. The van der Waals surface area contributed by atoms with E-state index in [2.05, 4.69) is 4.98 Å². The fourth-order valence-corrected chi connectivity index (χ4v) is 2.63. The van der Waals surface area contributed by atoms with E-state index in [-0.39, 0.29) is 0 Å². The summed E-state index contributed by atoms with van der Waals surface area (Å²) in [7, 11) is 2.98. The number of halogens is 1. The van der Waals surface area contributed by atoms with E-state index in [4.69, 9.17) is 21.1 Å². The van der Waals surface area contributed by atoms with Gasteiger partial charge in [0.25, 0.3) is 0 Å². The molecule has 0 amide bonds. The van der Waals surface area contributed by atoms with Crippen LogP contribution in [0.2, 0.25) is 5.02 Å². The second-order valence-electron chi connectivity index (χ2n) is 5.20. The molecule has 1 N–H and O–H groups in total. The Morgan fingerprint density at radius 2 is 1.58 bits per heavy atom. The van der Waals surface area contributed by atoms with Gasteiger partial charge in [0.05, 0.1) is 14.2 Å². The molecular formula is C19H16ClNO3. The summed E-state index contributed by atoms with van der Waals surface area (Å²) >= 11 is 5.94. The van der Waals surface area contributed by atoms with Gasteiger partial charge in [-0.3, -0.25) is 0 Å². The number of rotatable bonds is 4. The van der Waals surface area contributed by atoms with Crippen molar-refractivity contribution in [2.45, 2.75) is 0 Å². The Kier molecular flexibility index (Phi) is 4.58. The topological polar surface area (TPSA) is 51.3 Å². The summed E-state index contributed by atoms with van der Waals surface area (Å²) in [5, 5.41) is 0.661. The molecule has 3 rings (SSSR count). The van der Waals surface area contributed by atoms with Crippen molar-refractivity contribution in [3.8, 4) is 28.1 Å². The first-order chi connectivity index (χ1) is 11.6. The summed E-state index contributed by atoms with van der Waals surface area (Å²) in [6.07, 6.45) is 0. The van der Waals surface area contributed by atoms with Crippen LogP contribution in [0.5, 0.6) is 5.75 Å². The lowest BCUT2D eigenvalue weighted by molar-refractivity contribution is 0.0596. The van der Waals surface area contributed by atoms with Gasteiger partial charge in [-0.05, 0) is 41.5 Å². The Bertz CT molecular complexity index is 851. The molecular weight excluding hydrogens is 326 g/mol. The highest BCUT2D eigenvalue weighted by molar-refractivity contribution is 6.30. The van der Waals surface area contributed by atoms with Crippen molar-refractivity contribution in [1.29, 1.82) is 0 Å². The maximum absolute atomic E-state index is 12.1. The Morgan fingerprint density at radius 1 is 0.958 bits per heavy atom. The monoisotopic (exact) mass is 341 g/mol. The van der Waals surface area contributed by atoms with E-state index in [9.17, 15) is 4.79 Å². The molecule has 0 saturated carbocycles. The number of esters is 1. The van der Waals surface area contributed by atoms with Crippen LogP contribution in [-0.4, -0.2) is 25.2 Å². The predicted octanol–water partition coefficient (Wildman–Crippen LogP) is 4.80. The van der Waals surface area contributed by atoms with Crippen molar-refractivity contribution in [1.82, 2.24) is 4.98 Å². The van der Waals surface area contributed by atoms with Gasteiger partial charge in [0.15, 0.2) is 0 Å². The first-order valence-corrected chi connectivity index (χ1v) is 7.72. The van der Waals surface area contributed by atoms with Crippen LogP contribution in [-0.2, 0) is 4.74 Å². The van der Waals surface area contributed by atoms with Gasteiger partial charge in [0, 0.05) is 16.3 Å². The molecule has 0 radical (unpaired) electrons. The van der Waals surface area contributed by atoms with Gasteiger partial charge in [0.2, 0.25) is 0 Å². The second-order valence-corrected chi connectivity index (χ2v) is 5.64. The first kappa shape index (κ1) is 16.1. The molecule has 1 heterocycles. The minimum Gasteiger partial charge on any atom is -0.497 e. The van der Waals surface area contributed by atoms with Crippen LogP contribution in [0.15, 0.2) is 54.6 Å². The molecule has 0 saturated heterocycles. The van der Waals surface area contributed by atoms with E-state index in [1.54, 1.807) is 7.11 Å². The highest BCUT2D eigenvalue weighted by atomic mass is 35.5. The van der Waals surface area contributed by atoms with Gasteiger partial charge in [0.1, 0.15) is 11.4 Å². The highest BCUT2D eigenvalue weighted by Gasteiger charge is 2.18. The van der Waals surface area contributed by atoms with Crippen molar-refractivity contribution in [3.05, 3.63) is 65.3 Å². The van der Waals surface area contributed by atoms with E-state index < -0.39 is 5.97 Å². The van der Waals surface area contributed by atoms with Gasteiger partial charge < -0.3 is 14.5 Å². The average molecular weight is 342 g/mol. The zero-order valence-electron chi connectivity index (χ0n) is 13.3. The molecule has 0 bridgehead atoms. The number of methoxy groups -OCH3 is 2. The lowest BCUT2D eigenvalue weighted by Gasteiger charge is -2.04. The van der Waals surface area contributed by atoms with Gasteiger partial charge in [-0.15, -0.1) is 0 Å². The predicted molar refractivity (Wildman–Crippen MR) is 94.6 cm³/mol. The van der Waals surface area contributed by atoms with Crippen molar-refractivity contribution >= 4 is 17.6 Å². The number of benzene rings is 2. The molecule has 0 atom stereocenters. The zero-order chi connectivity index (χ0) is 17.1. The summed E-state index contributed by atoms with van der Waals surface area (Å²) < 4.78 is 10.1. The van der Waals surface area contributed by atoms with Gasteiger partial charge in [-0.2, -0.15) is 0 Å². The quantitative estimate of drug-likeness (QED) is 0.694. The third kappa shape index (κ3) is 3.14. The maximum Gasteiger partial charge on any atom is 0.355 e. The molecule has 0 aliphatic rings. The number of aromatic nitrogens is 1. The minimum absolute atomic E-state index is 0.410. The van der Waals surface area contributed by atoms with Gasteiger partial charge in [-0.25, -0.2) is 4.79 Å². The van der Waals surface area contributed by atoms with E-state index in [1.165, 1.54) is 7.11 Å². The molecule has 0 aliphatic carbocycles. The van der Waals surface area contributed by atoms with Crippen LogP contribution < -0.4 is 4.74 Å². The zero-order valence-corrected chi connectivity index (χ0v) is 14.1. The number of H-pyrrole nitrogens is 1. The van der Waals surface area contributed by atoms with E-state index in [1.807, 2.05) is 54.6 Å². The molecule has 0 aliphatic heterocycles. The Labute approximate surface area is 145 Å². The van der Waals surface area contributed by atoms with Crippen LogP contribution in [0.25, 0.3) is 22.4 Å². The second kappa shape index (κ2) is 6.81. The van der Waals surface area contributed by atoms with Crippen LogP contribution in [0.4, 0.5) is 0 Å². The van der Waals surface area contributed by atoms with Crippen LogP contribution >= 0.6 is 11.6 Å². The summed E-state index contributed by atoms with van der Waals surface area (Å²) in [5.74, 6) is 0.341. The lowest BCUT2D eigenvalue weighted by Crippen LogP contribution is -2.03. The fourth-order valence-electron chi connectivity index (χ4n) is 2.50. The maximum atomic E-state index is 12.1. The fraction of sp³-hybridized carbons (Fsp3) is 0.105. The molecule has 24 heavy (non-hydrogen) atoms. The van der Waals surface area contributed by atoms with Gasteiger partial charge >= 0.3 is 5.97 Å². The molecule has 122 valence electrons. The van der Waals surface area contributed by atoms with Crippen molar-refractivity contribution in [2.24, 2.45) is 0 Å². The summed E-state index contributed by atoms with van der Waals surface area (Å²) in [5.41, 5.74) is 3.83. The largest absolute Gasteiger partial charge is 0.497 e. The standard InChI is InChI=1S/C19H16ClNO3/c1-23-15-9-5-12(6-10-15)16-11-17(21-18(16)19(22)24-2)13-3-7-14(20)8-4-13/h3-11,21H,1-2H3. The van der Waals surface area contributed by atoms with Crippen LogP contribution in [0.1, 0.15) is 10.5 Å². The Morgan fingerprint density at radius 3 is 2.17 bits per heavy atom. The number of hydrogen-bond donors (Lipinski definition) is 1. The van der Waals surface area contributed by atoms with E-state index in [0.717, 1.165) is 28.1 Å². The summed E-state index contributed by atoms with van der Waals surface area (Å²) in [6, 6.07) is 16.8. The summed E-state index contributed by atoms with van der Waals surface area (Å²) in [6.45, 7) is 0. The molecule has 4 nitrogen and oxygen atoms in total. The number of nitrogens with one attached hydrogen (secondary N) is 1. The minimum atomic E-state index is -0.416. The molecule has 3 aromatic rings. The molecule has 1 aromatic heterocycles. The summed E-state index contributed by atoms with van der Waals surface area (Å²) in [4.78, 5) is 15.3. The Balaban J connectivity index is 2.09. The first-order valence-electron chi connectivity index (χ1n) is 7.34. The molecule has 2 aromatic carbocycles. The molecule has 0 fully saturated rings. The number of ether oxygens (including phenoxy) is 2.